The first-order valence-corrected chi connectivity index (χ1v) is 6.69. The first-order chi connectivity index (χ1) is 8.72. The predicted molar refractivity (Wildman–Crippen MR) is 73.0 cm³/mol. The normalized spacial score (nSPS) is 19.8. The van der Waals surface area contributed by atoms with Crippen molar-refractivity contribution in [1.82, 2.24) is 14.9 Å². The number of piperidine rings is 1. The van der Waals surface area contributed by atoms with Gasteiger partial charge in [0.25, 0.3) is 5.56 Å². The van der Waals surface area contributed by atoms with E-state index in [1.165, 1.54) is 12.8 Å². The maximum Gasteiger partial charge on any atom is 0.293 e. The first kappa shape index (κ1) is 13.1. The van der Waals surface area contributed by atoms with Crippen molar-refractivity contribution >= 4 is 5.82 Å². The highest BCUT2D eigenvalue weighted by Gasteiger charge is 2.17. The third kappa shape index (κ3) is 2.90. The Morgan fingerprint density at radius 2 is 2.44 bits per heavy atom. The molecule has 5 nitrogen and oxygen atoms in total. The van der Waals surface area contributed by atoms with E-state index in [4.69, 9.17) is 0 Å². The van der Waals surface area contributed by atoms with Gasteiger partial charge >= 0.3 is 0 Å². The maximum absolute atomic E-state index is 12.1. The Balaban J connectivity index is 2.08. The van der Waals surface area contributed by atoms with Crippen LogP contribution in [0.4, 0.5) is 5.82 Å². The Hall–Kier alpha value is -1.36. The molecule has 1 atom stereocenters. The summed E-state index contributed by atoms with van der Waals surface area (Å²) in [5.74, 6) is 1.17. The molecule has 5 heteroatoms. The van der Waals surface area contributed by atoms with Crippen LogP contribution in [0.25, 0.3) is 0 Å². The molecule has 0 saturated carbocycles. The molecule has 1 aliphatic rings. The summed E-state index contributed by atoms with van der Waals surface area (Å²) in [5.41, 5.74) is 0.00580. The summed E-state index contributed by atoms with van der Waals surface area (Å²) in [5, 5.41) is 3.40. The first-order valence-electron chi connectivity index (χ1n) is 6.69. The lowest BCUT2D eigenvalue weighted by molar-refractivity contribution is 0.380. The molecule has 0 spiro atoms. The molecule has 0 amide bonds. The Kier molecular flexibility index (Phi) is 4.36. The van der Waals surface area contributed by atoms with Gasteiger partial charge in [0.05, 0.1) is 0 Å². The molecule has 0 radical (unpaired) electrons. The van der Waals surface area contributed by atoms with Crippen LogP contribution in [0.5, 0.6) is 0 Å². The van der Waals surface area contributed by atoms with E-state index in [-0.39, 0.29) is 5.56 Å². The van der Waals surface area contributed by atoms with Crippen LogP contribution in [0.1, 0.15) is 19.8 Å². The van der Waals surface area contributed by atoms with E-state index in [1.54, 1.807) is 17.0 Å². The highest BCUT2D eigenvalue weighted by atomic mass is 16.1. The third-order valence-corrected chi connectivity index (χ3v) is 3.53. The number of hydrogen-bond acceptors (Lipinski definition) is 4. The fourth-order valence-electron chi connectivity index (χ4n) is 2.50. The van der Waals surface area contributed by atoms with E-state index in [2.05, 4.69) is 10.3 Å². The summed E-state index contributed by atoms with van der Waals surface area (Å²) in [6.07, 6.45) is 5.89. The van der Waals surface area contributed by atoms with Gasteiger partial charge in [-0.3, -0.25) is 4.79 Å². The van der Waals surface area contributed by atoms with Crippen molar-refractivity contribution in [3.05, 3.63) is 22.7 Å². The zero-order chi connectivity index (χ0) is 13.0. The summed E-state index contributed by atoms with van der Waals surface area (Å²) < 4.78 is 1.69. The van der Waals surface area contributed by atoms with Gasteiger partial charge in [0.1, 0.15) is 0 Å². The molecule has 1 aliphatic heterocycles. The molecular formula is C13H22N4O. The molecule has 0 aliphatic carbocycles. The highest BCUT2D eigenvalue weighted by molar-refractivity contribution is 5.34. The zero-order valence-corrected chi connectivity index (χ0v) is 11.2. The van der Waals surface area contributed by atoms with Crippen molar-refractivity contribution in [2.75, 3.05) is 31.6 Å². The maximum atomic E-state index is 12.1. The monoisotopic (exact) mass is 250 g/mol. The van der Waals surface area contributed by atoms with E-state index in [0.29, 0.717) is 18.3 Å². The standard InChI is InChI=1S/C13H22N4O/c1-3-17-8-7-15-12(13(17)18)16(2)10-11-5-4-6-14-9-11/h7-8,11,14H,3-6,9-10H2,1-2H3. The average Bonchev–Trinajstić information content (AvgIpc) is 2.40. The smallest absolute Gasteiger partial charge is 0.293 e. The van der Waals surface area contributed by atoms with Crippen LogP contribution in [-0.4, -0.2) is 36.2 Å². The van der Waals surface area contributed by atoms with E-state index in [9.17, 15) is 4.79 Å². The Labute approximate surface area is 108 Å². The molecule has 1 saturated heterocycles. The third-order valence-electron chi connectivity index (χ3n) is 3.53. The summed E-state index contributed by atoms with van der Waals surface area (Å²) >= 11 is 0. The largest absolute Gasteiger partial charge is 0.355 e. The fraction of sp³-hybridized carbons (Fsp3) is 0.692. The molecule has 1 fully saturated rings. The van der Waals surface area contributed by atoms with E-state index < -0.39 is 0 Å². The lowest BCUT2D eigenvalue weighted by Gasteiger charge is -2.28. The van der Waals surface area contributed by atoms with Gasteiger partial charge in [0.2, 0.25) is 0 Å². The molecule has 100 valence electrons. The van der Waals surface area contributed by atoms with Crippen LogP contribution in [0.2, 0.25) is 0 Å². The second-order valence-electron chi connectivity index (χ2n) is 4.93. The number of hydrogen-bond donors (Lipinski definition) is 1. The molecular weight excluding hydrogens is 228 g/mol. The average molecular weight is 250 g/mol. The van der Waals surface area contributed by atoms with Crippen molar-refractivity contribution in [3.8, 4) is 0 Å². The number of nitrogens with one attached hydrogen (secondary N) is 1. The number of aromatic nitrogens is 2. The van der Waals surface area contributed by atoms with E-state index >= 15 is 0 Å². The van der Waals surface area contributed by atoms with Crippen LogP contribution in [0.15, 0.2) is 17.2 Å². The van der Waals surface area contributed by atoms with Gasteiger partial charge in [-0.25, -0.2) is 4.98 Å². The van der Waals surface area contributed by atoms with Crippen LogP contribution in [0, 0.1) is 5.92 Å². The molecule has 0 bridgehead atoms. The Morgan fingerprint density at radius 3 is 3.11 bits per heavy atom. The van der Waals surface area contributed by atoms with Gasteiger partial charge in [0, 0.05) is 32.5 Å². The number of anilines is 1. The summed E-state index contributed by atoms with van der Waals surface area (Å²) in [6.45, 7) is 5.71. The lowest BCUT2D eigenvalue weighted by Crippen LogP contribution is -2.39. The quantitative estimate of drug-likeness (QED) is 0.854. The summed E-state index contributed by atoms with van der Waals surface area (Å²) in [4.78, 5) is 18.3. The number of aryl methyl sites for hydroxylation is 1. The Morgan fingerprint density at radius 1 is 1.61 bits per heavy atom. The molecule has 1 unspecified atom stereocenters. The van der Waals surface area contributed by atoms with Gasteiger partial charge in [-0.2, -0.15) is 0 Å². The highest BCUT2D eigenvalue weighted by Crippen LogP contribution is 2.13. The van der Waals surface area contributed by atoms with Crippen LogP contribution in [0.3, 0.4) is 0 Å². The second kappa shape index (κ2) is 6.00. The topological polar surface area (TPSA) is 50.2 Å². The molecule has 2 heterocycles. The van der Waals surface area contributed by atoms with Gasteiger partial charge in [-0.15, -0.1) is 0 Å². The van der Waals surface area contributed by atoms with Crippen LogP contribution >= 0.6 is 0 Å². The lowest BCUT2D eigenvalue weighted by atomic mass is 9.99. The minimum atomic E-state index is 0.00580. The minimum absolute atomic E-state index is 0.00580. The van der Waals surface area contributed by atoms with Gasteiger partial charge in [0.15, 0.2) is 5.82 Å². The van der Waals surface area contributed by atoms with Crippen LogP contribution in [-0.2, 0) is 6.54 Å². The number of rotatable bonds is 4. The summed E-state index contributed by atoms with van der Waals surface area (Å²) in [7, 11) is 1.96. The van der Waals surface area contributed by atoms with Crippen molar-refractivity contribution in [2.24, 2.45) is 5.92 Å². The Bertz CT molecular complexity index is 437. The zero-order valence-electron chi connectivity index (χ0n) is 11.2. The molecule has 2 rings (SSSR count). The fourth-order valence-corrected chi connectivity index (χ4v) is 2.50. The van der Waals surface area contributed by atoms with E-state index in [0.717, 1.165) is 19.6 Å². The SMILES string of the molecule is CCn1ccnc(N(C)CC2CCCNC2)c1=O. The van der Waals surface area contributed by atoms with Crippen molar-refractivity contribution in [3.63, 3.8) is 0 Å². The number of nitrogens with zero attached hydrogens (tertiary/aromatic N) is 3. The van der Waals surface area contributed by atoms with Gasteiger partial charge < -0.3 is 14.8 Å². The molecule has 1 aromatic heterocycles. The van der Waals surface area contributed by atoms with Crippen molar-refractivity contribution < 1.29 is 0 Å². The minimum Gasteiger partial charge on any atom is -0.355 e. The predicted octanol–water partition coefficient (Wildman–Crippen LogP) is 0.699. The molecule has 1 aromatic rings. The second-order valence-corrected chi connectivity index (χ2v) is 4.93. The van der Waals surface area contributed by atoms with Gasteiger partial charge in [-0.1, -0.05) is 0 Å². The van der Waals surface area contributed by atoms with E-state index in [1.807, 2.05) is 18.9 Å². The van der Waals surface area contributed by atoms with Gasteiger partial charge in [-0.05, 0) is 38.8 Å². The van der Waals surface area contributed by atoms with Crippen molar-refractivity contribution in [1.29, 1.82) is 0 Å². The molecule has 0 aromatic carbocycles. The molecule has 18 heavy (non-hydrogen) atoms. The molecule has 1 N–H and O–H groups in total. The van der Waals surface area contributed by atoms with Crippen LogP contribution < -0.4 is 15.8 Å². The summed E-state index contributed by atoms with van der Waals surface area (Å²) in [6, 6.07) is 0. The van der Waals surface area contributed by atoms with Crippen molar-refractivity contribution in [2.45, 2.75) is 26.3 Å².